The largest absolute Gasteiger partial charge is 0.465 e. The van der Waals surface area contributed by atoms with E-state index in [0.717, 1.165) is 29.2 Å². The van der Waals surface area contributed by atoms with Crippen LogP contribution in [0.4, 0.5) is 31.1 Å². The zero-order chi connectivity index (χ0) is 27.4. The normalized spacial score (nSPS) is 12.4. The third-order valence-corrected chi connectivity index (χ3v) is 6.03. The van der Waals surface area contributed by atoms with Crippen molar-refractivity contribution < 1.29 is 41.0 Å². The second-order valence-electron chi connectivity index (χ2n) is 7.41. The molecule has 0 saturated heterocycles. The number of likely N-dealkylation sites (N-methyl/N-ethyl adjacent to an activating group) is 1. The molecule has 2 amide bonds. The Morgan fingerprint density at radius 2 is 1.61 bits per heavy atom. The highest BCUT2D eigenvalue weighted by atomic mass is 35.5. The summed E-state index contributed by atoms with van der Waals surface area (Å²) in [5.41, 5.74) is -3.90. The van der Waals surface area contributed by atoms with Crippen molar-refractivity contribution in [3.05, 3.63) is 73.7 Å². The molecule has 0 spiro atoms. The van der Waals surface area contributed by atoms with Crippen molar-refractivity contribution in [2.45, 2.75) is 18.8 Å². The van der Waals surface area contributed by atoms with Gasteiger partial charge in [-0.05, 0) is 41.8 Å². The van der Waals surface area contributed by atoms with Gasteiger partial charge in [0, 0.05) is 20.1 Å². The number of hydrogen-bond acceptors (Lipinski definition) is 2. The van der Waals surface area contributed by atoms with Crippen molar-refractivity contribution in [3.8, 4) is 0 Å². The third-order valence-electron chi connectivity index (χ3n) is 4.84. The number of nitrogens with zero attached hydrogens (tertiary/aromatic N) is 1. The van der Waals surface area contributed by atoms with Crippen LogP contribution in [-0.4, -0.2) is 48.3 Å². The molecular formula is C22H17Cl3F6N2O3. The molecule has 0 saturated carbocycles. The Morgan fingerprint density at radius 3 is 2.11 bits per heavy atom. The Labute approximate surface area is 216 Å². The Morgan fingerprint density at radius 1 is 1.03 bits per heavy atom. The summed E-state index contributed by atoms with van der Waals surface area (Å²) in [5, 5.41) is 10.3. The zero-order valence-electron chi connectivity index (χ0n) is 18.2. The van der Waals surface area contributed by atoms with Gasteiger partial charge in [-0.15, -0.1) is 0 Å². The second-order valence-corrected chi connectivity index (χ2v) is 8.60. The first-order valence-corrected chi connectivity index (χ1v) is 11.0. The SMILES string of the molecule is CN(CCNC(=O)c1ccc(CC=C(c2cc(Cl)c(Cl)c(Cl)c2)C(F)(F)F)cc1C(F)(F)F)C(=O)O. The minimum absolute atomic E-state index is 0.151. The number of benzene rings is 2. The first-order valence-electron chi connectivity index (χ1n) is 9.87. The highest BCUT2D eigenvalue weighted by molar-refractivity contribution is 6.48. The molecule has 0 atom stereocenters. The molecule has 0 aromatic heterocycles. The van der Waals surface area contributed by atoms with Crippen LogP contribution >= 0.6 is 34.8 Å². The Hall–Kier alpha value is -2.63. The lowest BCUT2D eigenvalue weighted by Crippen LogP contribution is -2.36. The molecule has 2 N–H and O–H groups in total. The van der Waals surface area contributed by atoms with Gasteiger partial charge in [-0.25, -0.2) is 4.79 Å². The van der Waals surface area contributed by atoms with Gasteiger partial charge in [-0.3, -0.25) is 4.79 Å². The molecule has 0 radical (unpaired) electrons. The maximum atomic E-state index is 13.7. The standard InChI is InChI=1S/C22H17Cl3F6N2O3/c1-33(20(35)36)7-6-32-19(34)13-4-2-11(8-15(13)22(29,30)31)3-5-14(21(26,27)28)12-9-16(23)18(25)17(24)10-12/h2,4-5,8-10H,3,6-7H2,1H3,(H,32,34)(H,35,36). The maximum Gasteiger partial charge on any atom is 0.417 e. The Bertz CT molecular complexity index is 1160. The molecular weight excluding hydrogens is 561 g/mol. The topological polar surface area (TPSA) is 69.6 Å². The molecule has 5 nitrogen and oxygen atoms in total. The van der Waals surface area contributed by atoms with Crippen LogP contribution in [0.1, 0.15) is 27.0 Å². The number of carboxylic acid groups (broad SMARTS) is 1. The maximum absolute atomic E-state index is 13.7. The minimum atomic E-state index is -4.99. The fourth-order valence-electron chi connectivity index (χ4n) is 3.01. The van der Waals surface area contributed by atoms with E-state index in [1.807, 2.05) is 0 Å². The van der Waals surface area contributed by atoms with Crippen LogP contribution in [-0.2, 0) is 12.6 Å². The number of rotatable bonds is 7. The molecule has 0 bridgehead atoms. The van der Waals surface area contributed by atoms with Gasteiger partial charge in [0.25, 0.3) is 5.91 Å². The van der Waals surface area contributed by atoms with Gasteiger partial charge in [0.15, 0.2) is 0 Å². The van der Waals surface area contributed by atoms with E-state index in [9.17, 15) is 35.9 Å². The molecule has 2 aromatic rings. The summed E-state index contributed by atoms with van der Waals surface area (Å²) in [7, 11) is 1.21. The number of alkyl halides is 6. The van der Waals surface area contributed by atoms with Crippen LogP contribution in [0.15, 0.2) is 36.4 Å². The smallest absolute Gasteiger partial charge is 0.417 e. The number of amides is 2. The zero-order valence-corrected chi connectivity index (χ0v) is 20.5. The van der Waals surface area contributed by atoms with Gasteiger partial charge >= 0.3 is 18.4 Å². The molecule has 0 unspecified atom stereocenters. The highest BCUT2D eigenvalue weighted by Crippen LogP contribution is 2.40. The number of carbonyl (C=O) groups excluding carboxylic acids is 1. The average Bonchev–Trinajstić information content (AvgIpc) is 2.75. The Kier molecular flexibility index (Phi) is 9.55. The summed E-state index contributed by atoms with van der Waals surface area (Å²) in [6.45, 7) is -0.436. The van der Waals surface area contributed by atoms with E-state index in [1.54, 1.807) is 0 Å². The van der Waals surface area contributed by atoms with E-state index in [0.29, 0.717) is 12.1 Å². The lowest BCUT2D eigenvalue weighted by Gasteiger charge is -2.17. The summed E-state index contributed by atoms with van der Waals surface area (Å²) >= 11 is 17.4. The van der Waals surface area contributed by atoms with Crippen LogP contribution in [0.5, 0.6) is 0 Å². The Balaban J connectivity index is 2.37. The van der Waals surface area contributed by atoms with E-state index >= 15 is 0 Å². The number of carbonyl (C=O) groups is 2. The lowest BCUT2D eigenvalue weighted by molar-refractivity contribution is -0.138. The van der Waals surface area contributed by atoms with Crippen molar-refractivity contribution in [1.82, 2.24) is 10.2 Å². The monoisotopic (exact) mass is 576 g/mol. The third kappa shape index (κ3) is 7.68. The molecule has 0 heterocycles. The molecule has 2 aromatic carbocycles. The molecule has 0 aliphatic heterocycles. The van der Waals surface area contributed by atoms with Gasteiger partial charge < -0.3 is 15.3 Å². The first-order chi connectivity index (χ1) is 16.5. The van der Waals surface area contributed by atoms with E-state index in [-0.39, 0.29) is 33.7 Å². The van der Waals surface area contributed by atoms with Gasteiger partial charge in [-0.2, -0.15) is 26.3 Å². The van der Waals surface area contributed by atoms with E-state index in [1.165, 1.54) is 7.05 Å². The predicted octanol–water partition coefficient (Wildman–Crippen LogP) is 7.19. The molecule has 2 rings (SSSR count). The van der Waals surface area contributed by atoms with Crippen LogP contribution in [0.25, 0.3) is 5.57 Å². The number of hydrogen-bond donors (Lipinski definition) is 2. The van der Waals surface area contributed by atoms with Crippen LogP contribution in [0.3, 0.4) is 0 Å². The van der Waals surface area contributed by atoms with Crippen LogP contribution in [0, 0.1) is 0 Å². The molecule has 196 valence electrons. The van der Waals surface area contributed by atoms with E-state index in [4.69, 9.17) is 39.9 Å². The molecule has 0 fully saturated rings. The number of halogens is 9. The van der Waals surface area contributed by atoms with Crippen LogP contribution in [0.2, 0.25) is 15.1 Å². The van der Waals surface area contributed by atoms with Crippen molar-refractivity contribution in [3.63, 3.8) is 0 Å². The molecule has 14 heteroatoms. The van der Waals surface area contributed by atoms with Gasteiger partial charge in [-0.1, -0.05) is 46.9 Å². The number of allylic oxidation sites excluding steroid dienone is 2. The van der Waals surface area contributed by atoms with E-state index < -0.39 is 53.0 Å². The predicted molar refractivity (Wildman–Crippen MR) is 124 cm³/mol. The summed E-state index contributed by atoms with van der Waals surface area (Å²) < 4.78 is 81.9. The van der Waals surface area contributed by atoms with Gasteiger partial charge in [0.05, 0.1) is 31.8 Å². The highest BCUT2D eigenvalue weighted by Gasteiger charge is 2.37. The van der Waals surface area contributed by atoms with Crippen molar-refractivity contribution in [2.24, 2.45) is 0 Å². The van der Waals surface area contributed by atoms with Crippen molar-refractivity contribution >= 4 is 52.4 Å². The van der Waals surface area contributed by atoms with Crippen molar-refractivity contribution in [2.75, 3.05) is 20.1 Å². The summed E-state index contributed by atoms with van der Waals surface area (Å²) in [6.07, 6.45) is -11.1. The van der Waals surface area contributed by atoms with Crippen molar-refractivity contribution in [1.29, 1.82) is 0 Å². The summed E-state index contributed by atoms with van der Waals surface area (Å²) in [5.74, 6) is -1.12. The average molecular weight is 578 g/mol. The fraction of sp³-hybridized carbons (Fsp3) is 0.273. The molecule has 0 aliphatic rings. The van der Waals surface area contributed by atoms with Crippen LogP contribution < -0.4 is 5.32 Å². The lowest BCUT2D eigenvalue weighted by atomic mass is 9.98. The number of nitrogens with one attached hydrogen (secondary N) is 1. The van der Waals surface area contributed by atoms with E-state index in [2.05, 4.69) is 5.32 Å². The molecule has 36 heavy (non-hydrogen) atoms. The first kappa shape index (κ1) is 29.6. The summed E-state index contributed by atoms with van der Waals surface area (Å²) in [6, 6.07) is 4.37. The quantitative estimate of drug-likeness (QED) is 0.270. The summed E-state index contributed by atoms with van der Waals surface area (Å²) in [4.78, 5) is 23.8. The van der Waals surface area contributed by atoms with Gasteiger partial charge in [0.2, 0.25) is 0 Å². The molecule has 0 aliphatic carbocycles. The van der Waals surface area contributed by atoms with Gasteiger partial charge in [0.1, 0.15) is 0 Å². The minimum Gasteiger partial charge on any atom is -0.465 e. The fourth-order valence-corrected chi connectivity index (χ4v) is 3.60. The second kappa shape index (κ2) is 11.6.